The van der Waals surface area contributed by atoms with Crippen LogP contribution in [0, 0.1) is 0 Å². The molecule has 0 saturated carbocycles. The van der Waals surface area contributed by atoms with Gasteiger partial charge < -0.3 is 10.1 Å². The molecule has 0 amide bonds. The molecule has 0 bridgehead atoms. The number of carbonyl (C=O) groups excluding carboxylic acids is 1. The smallest absolute Gasteiger partial charge is 0.309 e. The van der Waals surface area contributed by atoms with Crippen molar-refractivity contribution in [2.24, 2.45) is 0 Å². The molecule has 3 nitrogen and oxygen atoms in total. The summed E-state index contributed by atoms with van der Waals surface area (Å²) in [6, 6.07) is 0. The Bertz CT molecular complexity index is 163. The molecular formula is C7H11NO2. The molecular weight excluding hydrogens is 130 g/mol. The minimum atomic E-state index is -0.157. The minimum absolute atomic E-state index is 0.157. The highest BCUT2D eigenvalue weighted by Crippen LogP contribution is 2.09. The van der Waals surface area contributed by atoms with Crippen molar-refractivity contribution in [1.82, 2.24) is 5.32 Å². The van der Waals surface area contributed by atoms with E-state index in [0.29, 0.717) is 6.42 Å². The summed E-state index contributed by atoms with van der Waals surface area (Å²) >= 11 is 0. The molecule has 1 N–H and O–H groups in total. The monoisotopic (exact) mass is 141 g/mol. The van der Waals surface area contributed by atoms with Crippen molar-refractivity contribution >= 4 is 5.97 Å². The molecule has 0 spiro atoms. The molecule has 56 valence electrons. The normalized spacial score (nSPS) is 15.9. The van der Waals surface area contributed by atoms with Crippen LogP contribution in [0.2, 0.25) is 0 Å². The Morgan fingerprint density at radius 1 is 1.90 bits per heavy atom. The van der Waals surface area contributed by atoms with Crippen LogP contribution in [0.25, 0.3) is 0 Å². The summed E-state index contributed by atoms with van der Waals surface area (Å²) in [4.78, 5) is 10.7. The quantitative estimate of drug-likeness (QED) is 0.566. The van der Waals surface area contributed by atoms with Gasteiger partial charge in [-0.05, 0) is 18.2 Å². The Hall–Kier alpha value is -0.990. The molecule has 0 unspecified atom stereocenters. The van der Waals surface area contributed by atoms with Gasteiger partial charge in [0.1, 0.15) is 0 Å². The zero-order valence-electron chi connectivity index (χ0n) is 6.02. The molecule has 0 saturated heterocycles. The first-order valence-corrected chi connectivity index (χ1v) is 3.31. The molecule has 3 heteroatoms. The van der Waals surface area contributed by atoms with Crippen LogP contribution in [0.15, 0.2) is 11.8 Å². The molecule has 10 heavy (non-hydrogen) atoms. The lowest BCUT2D eigenvalue weighted by Crippen LogP contribution is -2.00. The third kappa shape index (κ3) is 1.76. The molecule has 1 aliphatic rings. The highest BCUT2D eigenvalue weighted by molar-refractivity contribution is 5.72. The van der Waals surface area contributed by atoms with E-state index in [9.17, 15) is 4.79 Å². The van der Waals surface area contributed by atoms with E-state index in [1.165, 1.54) is 7.11 Å². The first-order chi connectivity index (χ1) is 4.83. The maximum Gasteiger partial charge on any atom is 0.309 e. The predicted molar refractivity (Wildman–Crippen MR) is 37.3 cm³/mol. The highest BCUT2D eigenvalue weighted by atomic mass is 16.5. The standard InChI is InChI=1S/C7H11NO2/c1-10-7(9)4-6-2-3-8-5-6/h5,8H,2-4H2,1H3. The van der Waals surface area contributed by atoms with E-state index in [-0.39, 0.29) is 5.97 Å². The highest BCUT2D eigenvalue weighted by Gasteiger charge is 2.08. The third-order valence-electron chi connectivity index (χ3n) is 1.50. The summed E-state index contributed by atoms with van der Waals surface area (Å²) < 4.78 is 4.50. The topological polar surface area (TPSA) is 38.3 Å². The maximum absolute atomic E-state index is 10.7. The summed E-state index contributed by atoms with van der Waals surface area (Å²) in [5.74, 6) is -0.157. The molecule has 0 fully saturated rings. The van der Waals surface area contributed by atoms with E-state index in [1.54, 1.807) is 0 Å². The van der Waals surface area contributed by atoms with Gasteiger partial charge in [0, 0.05) is 6.54 Å². The van der Waals surface area contributed by atoms with Gasteiger partial charge in [-0.2, -0.15) is 0 Å². The van der Waals surface area contributed by atoms with Crippen LogP contribution in [-0.2, 0) is 9.53 Å². The second-order valence-electron chi connectivity index (χ2n) is 2.26. The number of hydrogen-bond acceptors (Lipinski definition) is 3. The second-order valence-corrected chi connectivity index (χ2v) is 2.26. The van der Waals surface area contributed by atoms with Crippen molar-refractivity contribution in [3.8, 4) is 0 Å². The average Bonchev–Trinajstić information content (AvgIpc) is 2.40. The van der Waals surface area contributed by atoms with Gasteiger partial charge in [-0.15, -0.1) is 0 Å². The zero-order valence-corrected chi connectivity index (χ0v) is 6.02. The van der Waals surface area contributed by atoms with E-state index >= 15 is 0 Å². The fourth-order valence-corrected chi connectivity index (χ4v) is 0.918. The molecule has 0 atom stereocenters. The Labute approximate surface area is 60.1 Å². The van der Waals surface area contributed by atoms with E-state index in [0.717, 1.165) is 18.5 Å². The molecule has 1 rings (SSSR count). The lowest BCUT2D eigenvalue weighted by molar-refractivity contribution is -0.139. The van der Waals surface area contributed by atoms with Crippen LogP contribution in [0.1, 0.15) is 12.8 Å². The van der Waals surface area contributed by atoms with E-state index in [1.807, 2.05) is 6.20 Å². The number of carbonyl (C=O) groups is 1. The molecule has 1 aliphatic heterocycles. The van der Waals surface area contributed by atoms with Crippen molar-refractivity contribution in [2.45, 2.75) is 12.8 Å². The molecule has 0 aromatic rings. The Morgan fingerprint density at radius 3 is 3.20 bits per heavy atom. The van der Waals surface area contributed by atoms with Crippen molar-refractivity contribution in [1.29, 1.82) is 0 Å². The first-order valence-electron chi connectivity index (χ1n) is 3.31. The SMILES string of the molecule is COC(=O)CC1=CNCC1. The zero-order chi connectivity index (χ0) is 7.40. The van der Waals surface area contributed by atoms with Crippen LogP contribution in [-0.4, -0.2) is 19.6 Å². The van der Waals surface area contributed by atoms with Gasteiger partial charge in [0.05, 0.1) is 13.5 Å². The molecule has 0 radical (unpaired) electrons. The van der Waals surface area contributed by atoms with Crippen LogP contribution in [0.5, 0.6) is 0 Å². The van der Waals surface area contributed by atoms with Crippen molar-refractivity contribution in [2.75, 3.05) is 13.7 Å². The Kier molecular flexibility index (Phi) is 2.31. The molecule has 0 aliphatic carbocycles. The number of rotatable bonds is 2. The minimum Gasteiger partial charge on any atom is -0.469 e. The maximum atomic E-state index is 10.7. The van der Waals surface area contributed by atoms with Crippen LogP contribution < -0.4 is 5.32 Å². The number of hydrogen-bond donors (Lipinski definition) is 1. The van der Waals surface area contributed by atoms with Crippen LogP contribution in [0.3, 0.4) is 0 Å². The van der Waals surface area contributed by atoms with E-state index in [2.05, 4.69) is 10.1 Å². The second kappa shape index (κ2) is 3.25. The van der Waals surface area contributed by atoms with Gasteiger partial charge in [-0.25, -0.2) is 0 Å². The van der Waals surface area contributed by atoms with Crippen molar-refractivity contribution < 1.29 is 9.53 Å². The summed E-state index contributed by atoms with van der Waals surface area (Å²) in [6.45, 7) is 0.951. The number of ether oxygens (including phenoxy) is 1. The first kappa shape index (κ1) is 7.12. The Morgan fingerprint density at radius 2 is 2.70 bits per heavy atom. The van der Waals surface area contributed by atoms with E-state index < -0.39 is 0 Å². The van der Waals surface area contributed by atoms with Gasteiger partial charge in [0.15, 0.2) is 0 Å². The van der Waals surface area contributed by atoms with Gasteiger partial charge in [-0.1, -0.05) is 0 Å². The molecule has 1 heterocycles. The Balaban J connectivity index is 2.30. The van der Waals surface area contributed by atoms with Crippen molar-refractivity contribution in [3.63, 3.8) is 0 Å². The molecule has 0 aromatic heterocycles. The fourth-order valence-electron chi connectivity index (χ4n) is 0.918. The summed E-state index contributed by atoms with van der Waals surface area (Å²) in [5.41, 5.74) is 1.13. The third-order valence-corrected chi connectivity index (χ3v) is 1.50. The number of esters is 1. The van der Waals surface area contributed by atoms with Crippen LogP contribution in [0.4, 0.5) is 0 Å². The summed E-state index contributed by atoms with van der Waals surface area (Å²) in [5, 5.41) is 3.03. The van der Waals surface area contributed by atoms with Gasteiger partial charge >= 0.3 is 5.97 Å². The van der Waals surface area contributed by atoms with E-state index in [4.69, 9.17) is 0 Å². The largest absolute Gasteiger partial charge is 0.469 e. The van der Waals surface area contributed by atoms with Gasteiger partial charge in [-0.3, -0.25) is 4.79 Å². The van der Waals surface area contributed by atoms with Gasteiger partial charge in [0.25, 0.3) is 0 Å². The lowest BCUT2D eigenvalue weighted by atomic mass is 10.2. The summed E-state index contributed by atoms with van der Waals surface area (Å²) in [6.07, 6.45) is 3.29. The average molecular weight is 141 g/mol. The number of nitrogens with one attached hydrogen (secondary N) is 1. The van der Waals surface area contributed by atoms with Gasteiger partial charge in [0.2, 0.25) is 0 Å². The van der Waals surface area contributed by atoms with Crippen LogP contribution >= 0.6 is 0 Å². The molecule has 0 aromatic carbocycles. The van der Waals surface area contributed by atoms with Crippen molar-refractivity contribution in [3.05, 3.63) is 11.8 Å². The lowest BCUT2D eigenvalue weighted by Gasteiger charge is -1.96. The fraction of sp³-hybridized carbons (Fsp3) is 0.571. The predicted octanol–water partition coefficient (Wildman–Crippen LogP) is 0.427. The summed E-state index contributed by atoms with van der Waals surface area (Å²) in [7, 11) is 1.41. The number of methoxy groups -OCH3 is 1.